The summed E-state index contributed by atoms with van der Waals surface area (Å²) in [6, 6.07) is 6.86. The van der Waals surface area contributed by atoms with E-state index in [9.17, 15) is 9.59 Å². The van der Waals surface area contributed by atoms with Gasteiger partial charge in [-0.2, -0.15) is 0 Å². The zero-order valence-electron chi connectivity index (χ0n) is 14.7. The SMILES string of the molecule is Cc1cc(NC(=O)C2CCN(C(=O)/C=C/c3ccc(Cl)c(Cl)c3)CC2)no1. The molecule has 0 spiro atoms. The van der Waals surface area contributed by atoms with Crippen LogP contribution in [0.1, 0.15) is 24.2 Å². The minimum absolute atomic E-state index is 0.0907. The standard InChI is InChI=1S/C19H19Cl2N3O3/c1-12-10-17(23-27-12)22-19(26)14-6-8-24(9-7-14)18(25)5-3-13-2-4-15(20)16(21)11-13/h2-5,10-11,14H,6-9H2,1H3,(H,22,23,26)/b5-3+. The van der Waals surface area contributed by atoms with Gasteiger partial charge in [-0.3, -0.25) is 9.59 Å². The predicted molar refractivity (Wildman–Crippen MR) is 105 cm³/mol. The van der Waals surface area contributed by atoms with Crippen LogP contribution in [0.5, 0.6) is 0 Å². The highest BCUT2D eigenvalue weighted by Crippen LogP contribution is 2.23. The Labute approximate surface area is 167 Å². The highest BCUT2D eigenvalue weighted by atomic mass is 35.5. The van der Waals surface area contributed by atoms with Gasteiger partial charge in [-0.25, -0.2) is 0 Å². The van der Waals surface area contributed by atoms with Crippen LogP contribution in [0, 0.1) is 12.8 Å². The molecule has 2 heterocycles. The van der Waals surface area contributed by atoms with Crippen LogP contribution in [-0.4, -0.2) is 35.0 Å². The first-order valence-corrected chi connectivity index (χ1v) is 9.34. The van der Waals surface area contributed by atoms with Gasteiger partial charge in [-0.1, -0.05) is 34.4 Å². The number of carbonyl (C=O) groups excluding carboxylic acids is 2. The molecule has 8 heteroatoms. The Balaban J connectivity index is 1.50. The van der Waals surface area contributed by atoms with Crippen LogP contribution in [0.3, 0.4) is 0 Å². The first-order valence-electron chi connectivity index (χ1n) is 8.58. The minimum atomic E-state index is -0.148. The number of amides is 2. The van der Waals surface area contributed by atoms with Crippen molar-refractivity contribution >= 4 is 46.9 Å². The molecule has 1 aromatic heterocycles. The molecular formula is C19H19Cl2N3O3. The number of likely N-dealkylation sites (tertiary alicyclic amines) is 1. The number of hydrogen-bond donors (Lipinski definition) is 1. The Kier molecular flexibility index (Phi) is 6.19. The summed E-state index contributed by atoms with van der Waals surface area (Å²) in [6.07, 6.45) is 4.43. The van der Waals surface area contributed by atoms with Crippen molar-refractivity contribution in [2.75, 3.05) is 18.4 Å². The lowest BCUT2D eigenvalue weighted by Gasteiger charge is -2.30. The van der Waals surface area contributed by atoms with E-state index >= 15 is 0 Å². The highest BCUT2D eigenvalue weighted by Gasteiger charge is 2.27. The fraction of sp³-hybridized carbons (Fsp3) is 0.316. The largest absolute Gasteiger partial charge is 0.360 e. The summed E-state index contributed by atoms with van der Waals surface area (Å²) in [5, 5.41) is 7.43. The normalized spacial score (nSPS) is 15.3. The van der Waals surface area contributed by atoms with Gasteiger partial charge >= 0.3 is 0 Å². The number of piperidine rings is 1. The van der Waals surface area contributed by atoms with Crippen molar-refractivity contribution in [3.05, 3.63) is 51.7 Å². The van der Waals surface area contributed by atoms with Crippen molar-refractivity contribution in [1.82, 2.24) is 10.1 Å². The monoisotopic (exact) mass is 407 g/mol. The third-order valence-corrected chi connectivity index (χ3v) is 5.16. The Morgan fingerprint density at radius 1 is 1.22 bits per heavy atom. The third-order valence-electron chi connectivity index (χ3n) is 4.42. The molecule has 3 rings (SSSR count). The number of anilines is 1. The van der Waals surface area contributed by atoms with Gasteiger partial charge in [0.2, 0.25) is 11.8 Å². The van der Waals surface area contributed by atoms with E-state index in [1.54, 1.807) is 42.2 Å². The van der Waals surface area contributed by atoms with E-state index in [0.29, 0.717) is 47.6 Å². The first-order chi connectivity index (χ1) is 12.9. The van der Waals surface area contributed by atoms with E-state index in [1.165, 1.54) is 6.08 Å². The first kappa shape index (κ1) is 19.5. The van der Waals surface area contributed by atoms with Crippen LogP contribution in [-0.2, 0) is 9.59 Å². The number of benzene rings is 1. The van der Waals surface area contributed by atoms with Crippen LogP contribution < -0.4 is 5.32 Å². The van der Waals surface area contributed by atoms with Crippen molar-refractivity contribution < 1.29 is 14.1 Å². The molecule has 2 aromatic rings. The van der Waals surface area contributed by atoms with Crippen LogP contribution >= 0.6 is 23.2 Å². The Morgan fingerprint density at radius 3 is 2.59 bits per heavy atom. The Hall–Kier alpha value is -2.31. The highest BCUT2D eigenvalue weighted by molar-refractivity contribution is 6.42. The molecule has 27 heavy (non-hydrogen) atoms. The zero-order chi connectivity index (χ0) is 19.4. The average Bonchev–Trinajstić information content (AvgIpc) is 3.07. The molecule has 1 saturated heterocycles. The predicted octanol–water partition coefficient (Wildman–Crippen LogP) is 4.18. The average molecular weight is 408 g/mol. The molecule has 142 valence electrons. The molecule has 0 saturated carbocycles. The second kappa shape index (κ2) is 8.59. The number of rotatable bonds is 4. The van der Waals surface area contributed by atoms with E-state index in [0.717, 1.165) is 5.56 Å². The van der Waals surface area contributed by atoms with E-state index < -0.39 is 0 Å². The lowest BCUT2D eigenvalue weighted by Crippen LogP contribution is -2.40. The quantitative estimate of drug-likeness (QED) is 0.771. The second-order valence-corrected chi connectivity index (χ2v) is 7.23. The summed E-state index contributed by atoms with van der Waals surface area (Å²) >= 11 is 11.9. The third kappa shape index (κ3) is 5.11. The number of aromatic nitrogens is 1. The molecule has 6 nitrogen and oxygen atoms in total. The maximum atomic E-state index is 12.4. The van der Waals surface area contributed by atoms with Crippen molar-refractivity contribution in [2.24, 2.45) is 5.92 Å². The summed E-state index contributed by atoms with van der Waals surface area (Å²) in [7, 11) is 0. The van der Waals surface area contributed by atoms with Crippen LogP contribution in [0.2, 0.25) is 10.0 Å². The number of halogens is 2. The molecule has 0 aliphatic carbocycles. The van der Waals surface area contributed by atoms with Crippen molar-refractivity contribution in [1.29, 1.82) is 0 Å². The molecule has 1 aromatic carbocycles. The second-order valence-electron chi connectivity index (χ2n) is 6.42. The lowest BCUT2D eigenvalue weighted by molar-refractivity contribution is -0.130. The fourth-order valence-corrected chi connectivity index (χ4v) is 3.21. The summed E-state index contributed by atoms with van der Waals surface area (Å²) in [5.74, 6) is 0.721. The summed E-state index contributed by atoms with van der Waals surface area (Å²) < 4.78 is 4.94. The van der Waals surface area contributed by atoms with E-state index in [2.05, 4.69) is 10.5 Å². The van der Waals surface area contributed by atoms with Gasteiger partial charge in [0.15, 0.2) is 5.82 Å². The van der Waals surface area contributed by atoms with Gasteiger partial charge in [0.05, 0.1) is 10.0 Å². The molecule has 1 aliphatic rings. The van der Waals surface area contributed by atoms with Gasteiger partial charge in [-0.15, -0.1) is 0 Å². The van der Waals surface area contributed by atoms with Crippen molar-refractivity contribution in [3.63, 3.8) is 0 Å². The minimum Gasteiger partial charge on any atom is -0.360 e. The van der Waals surface area contributed by atoms with E-state index in [1.807, 2.05) is 0 Å². The van der Waals surface area contributed by atoms with Gasteiger partial charge in [0.1, 0.15) is 5.76 Å². The summed E-state index contributed by atoms with van der Waals surface area (Å²) in [6.45, 7) is 2.82. The van der Waals surface area contributed by atoms with Crippen LogP contribution in [0.25, 0.3) is 6.08 Å². The number of nitrogens with zero attached hydrogens (tertiary/aromatic N) is 2. The van der Waals surface area contributed by atoms with Gasteiger partial charge in [0, 0.05) is 31.1 Å². The molecule has 1 fully saturated rings. The fourth-order valence-electron chi connectivity index (χ4n) is 2.90. The molecule has 1 aliphatic heterocycles. The molecule has 2 amide bonds. The van der Waals surface area contributed by atoms with Crippen LogP contribution in [0.15, 0.2) is 34.9 Å². The molecule has 0 unspecified atom stereocenters. The van der Waals surface area contributed by atoms with Crippen LogP contribution in [0.4, 0.5) is 5.82 Å². The molecule has 1 N–H and O–H groups in total. The number of nitrogens with one attached hydrogen (secondary N) is 1. The van der Waals surface area contributed by atoms with E-state index in [-0.39, 0.29) is 17.7 Å². The van der Waals surface area contributed by atoms with Gasteiger partial charge in [-0.05, 0) is 43.5 Å². The number of carbonyl (C=O) groups is 2. The Morgan fingerprint density at radius 2 is 1.96 bits per heavy atom. The van der Waals surface area contributed by atoms with Crippen molar-refractivity contribution in [2.45, 2.75) is 19.8 Å². The molecule has 0 radical (unpaired) electrons. The maximum absolute atomic E-state index is 12.4. The maximum Gasteiger partial charge on any atom is 0.246 e. The zero-order valence-corrected chi connectivity index (χ0v) is 16.3. The number of hydrogen-bond acceptors (Lipinski definition) is 4. The molecular weight excluding hydrogens is 389 g/mol. The van der Waals surface area contributed by atoms with Gasteiger partial charge < -0.3 is 14.7 Å². The smallest absolute Gasteiger partial charge is 0.246 e. The van der Waals surface area contributed by atoms with Crippen molar-refractivity contribution in [3.8, 4) is 0 Å². The van der Waals surface area contributed by atoms with Gasteiger partial charge in [0.25, 0.3) is 0 Å². The Bertz CT molecular complexity index is 871. The molecule has 0 bridgehead atoms. The summed E-state index contributed by atoms with van der Waals surface area (Å²) in [4.78, 5) is 26.4. The topological polar surface area (TPSA) is 75.4 Å². The number of aryl methyl sites for hydroxylation is 1. The van der Waals surface area contributed by atoms with E-state index in [4.69, 9.17) is 27.7 Å². The molecule has 0 atom stereocenters. The lowest BCUT2D eigenvalue weighted by atomic mass is 9.96. The summed E-state index contributed by atoms with van der Waals surface area (Å²) in [5.41, 5.74) is 0.801.